The van der Waals surface area contributed by atoms with E-state index in [-0.39, 0.29) is 23.2 Å². The summed E-state index contributed by atoms with van der Waals surface area (Å²) in [5.41, 5.74) is 15.0. The zero-order valence-corrected chi connectivity index (χ0v) is 18.0. The Hall–Kier alpha value is -3.52. The van der Waals surface area contributed by atoms with Crippen molar-refractivity contribution in [3.05, 3.63) is 65.9 Å². The topological polar surface area (TPSA) is 110 Å². The van der Waals surface area contributed by atoms with Crippen molar-refractivity contribution in [2.24, 2.45) is 5.73 Å². The molecule has 8 heteroatoms. The van der Waals surface area contributed by atoms with Crippen molar-refractivity contribution in [1.82, 2.24) is 9.97 Å². The van der Waals surface area contributed by atoms with E-state index in [1.165, 1.54) is 6.07 Å². The van der Waals surface area contributed by atoms with Gasteiger partial charge in [0.1, 0.15) is 5.82 Å². The van der Waals surface area contributed by atoms with Crippen LogP contribution >= 0.6 is 0 Å². The van der Waals surface area contributed by atoms with Crippen LogP contribution in [-0.4, -0.2) is 35.0 Å². The van der Waals surface area contributed by atoms with Crippen LogP contribution in [0.25, 0.3) is 10.9 Å². The lowest BCUT2D eigenvalue weighted by molar-refractivity contribution is 0.102. The maximum Gasteiger partial charge on any atom is 0.276 e. The van der Waals surface area contributed by atoms with Crippen molar-refractivity contribution in [1.29, 1.82) is 0 Å². The molecule has 7 nitrogen and oxygen atoms in total. The molecule has 0 bridgehead atoms. The van der Waals surface area contributed by atoms with Gasteiger partial charge in [0.2, 0.25) is 0 Å². The fourth-order valence-corrected chi connectivity index (χ4v) is 4.01. The van der Waals surface area contributed by atoms with Gasteiger partial charge in [-0.2, -0.15) is 0 Å². The lowest BCUT2D eigenvalue weighted by atomic mass is 10.1. The van der Waals surface area contributed by atoms with Crippen molar-refractivity contribution in [2.45, 2.75) is 32.2 Å². The van der Waals surface area contributed by atoms with E-state index >= 15 is 0 Å². The summed E-state index contributed by atoms with van der Waals surface area (Å²) in [6.07, 6.45) is 9.44. The molecule has 4 rings (SSSR count). The number of nitrogen functional groups attached to an aromatic ring is 1. The van der Waals surface area contributed by atoms with E-state index in [0.29, 0.717) is 35.1 Å². The number of pyridine rings is 2. The Morgan fingerprint density at radius 2 is 2.22 bits per heavy atom. The minimum atomic E-state index is -0.445. The zero-order valence-electron chi connectivity index (χ0n) is 18.0. The van der Waals surface area contributed by atoms with E-state index in [2.05, 4.69) is 20.2 Å². The molecular formula is C24H27FN6O. The number of rotatable bonds is 5. The Morgan fingerprint density at radius 1 is 1.38 bits per heavy atom. The number of aromatic nitrogens is 2. The first-order chi connectivity index (χ1) is 15.5. The third kappa shape index (κ3) is 4.55. The highest BCUT2D eigenvalue weighted by Gasteiger charge is 2.21. The molecule has 1 atom stereocenters. The normalized spacial score (nSPS) is 16.6. The van der Waals surface area contributed by atoms with Crippen LogP contribution in [0.5, 0.6) is 0 Å². The van der Waals surface area contributed by atoms with Crippen LogP contribution in [0, 0.1) is 5.82 Å². The summed E-state index contributed by atoms with van der Waals surface area (Å²) in [4.78, 5) is 23.9. The number of carbonyl (C=O) groups excluding carboxylic acids is 1. The van der Waals surface area contributed by atoms with Gasteiger partial charge in [0.05, 0.1) is 28.8 Å². The predicted octanol–water partition coefficient (Wildman–Crippen LogP) is 3.65. The number of allylic oxidation sites excluding steroid dienone is 2. The fraction of sp³-hybridized carbons (Fsp3) is 0.292. The summed E-state index contributed by atoms with van der Waals surface area (Å²) in [7, 11) is 0. The van der Waals surface area contributed by atoms with Crippen LogP contribution in [-0.2, 0) is 6.42 Å². The predicted molar refractivity (Wildman–Crippen MR) is 126 cm³/mol. The first-order valence-corrected chi connectivity index (χ1v) is 10.7. The summed E-state index contributed by atoms with van der Waals surface area (Å²) >= 11 is 0. The number of piperidine rings is 1. The summed E-state index contributed by atoms with van der Waals surface area (Å²) in [5, 5.41) is 3.44. The van der Waals surface area contributed by atoms with Gasteiger partial charge in [-0.25, -0.2) is 9.37 Å². The van der Waals surface area contributed by atoms with Gasteiger partial charge in [0.25, 0.3) is 5.91 Å². The highest BCUT2D eigenvalue weighted by Crippen LogP contribution is 2.29. The highest BCUT2D eigenvalue weighted by molar-refractivity contribution is 6.09. The number of hydrogen-bond acceptors (Lipinski definition) is 6. The Kier molecular flexibility index (Phi) is 6.32. The molecule has 0 saturated carbocycles. The van der Waals surface area contributed by atoms with Gasteiger partial charge in [0.15, 0.2) is 5.69 Å². The molecule has 1 unspecified atom stereocenters. The van der Waals surface area contributed by atoms with Crippen molar-refractivity contribution in [3.63, 3.8) is 0 Å². The smallest absolute Gasteiger partial charge is 0.276 e. The molecule has 1 aliphatic rings. The van der Waals surface area contributed by atoms with Gasteiger partial charge in [-0.3, -0.25) is 9.78 Å². The SMILES string of the molecule is CC=CCc1cc2nc(C(=O)Nc3cnccc3N3CCCC(N)C3)c(N)cc2cc1F. The number of benzene rings is 1. The van der Waals surface area contributed by atoms with E-state index < -0.39 is 5.91 Å². The highest BCUT2D eigenvalue weighted by atomic mass is 19.1. The molecule has 5 N–H and O–H groups in total. The van der Waals surface area contributed by atoms with Crippen molar-refractivity contribution >= 4 is 33.9 Å². The number of nitrogens with zero attached hydrogens (tertiary/aromatic N) is 3. The molecule has 1 saturated heterocycles. The number of nitrogens with one attached hydrogen (secondary N) is 1. The average Bonchev–Trinajstić information content (AvgIpc) is 2.77. The van der Waals surface area contributed by atoms with Gasteiger partial charge < -0.3 is 21.7 Å². The summed E-state index contributed by atoms with van der Waals surface area (Å²) < 4.78 is 14.4. The van der Waals surface area contributed by atoms with Crippen molar-refractivity contribution in [3.8, 4) is 0 Å². The Morgan fingerprint density at radius 3 is 3.00 bits per heavy atom. The lowest BCUT2D eigenvalue weighted by Gasteiger charge is -2.33. The second kappa shape index (κ2) is 9.32. The van der Waals surface area contributed by atoms with E-state index in [0.717, 1.165) is 25.1 Å². The molecule has 1 amide bonds. The minimum absolute atomic E-state index is 0.0891. The van der Waals surface area contributed by atoms with Crippen LogP contribution in [0.15, 0.2) is 48.8 Å². The van der Waals surface area contributed by atoms with Gasteiger partial charge in [-0.1, -0.05) is 12.2 Å². The number of carbonyl (C=O) groups is 1. The lowest BCUT2D eigenvalue weighted by Crippen LogP contribution is -2.43. The molecule has 1 aromatic carbocycles. The van der Waals surface area contributed by atoms with Crippen LogP contribution in [0.2, 0.25) is 0 Å². The maximum absolute atomic E-state index is 14.4. The quantitative estimate of drug-likeness (QED) is 0.529. The molecule has 0 radical (unpaired) electrons. The van der Waals surface area contributed by atoms with E-state index in [4.69, 9.17) is 11.5 Å². The summed E-state index contributed by atoms with van der Waals surface area (Å²) in [6.45, 7) is 3.45. The van der Waals surface area contributed by atoms with E-state index in [1.54, 1.807) is 24.5 Å². The van der Waals surface area contributed by atoms with E-state index in [9.17, 15) is 9.18 Å². The fourth-order valence-electron chi connectivity index (χ4n) is 4.01. The van der Waals surface area contributed by atoms with Crippen LogP contribution in [0.4, 0.5) is 21.5 Å². The van der Waals surface area contributed by atoms with Gasteiger partial charge in [-0.05, 0) is 56.0 Å². The Balaban J connectivity index is 1.64. The molecule has 0 aliphatic carbocycles. The first-order valence-electron chi connectivity index (χ1n) is 10.7. The van der Waals surface area contributed by atoms with Gasteiger partial charge in [-0.15, -0.1) is 0 Å². The Labute approximate surface area is 186 Å². The molecular weight excluding hydrogens is 407 g/mol. The van der Waals surface area contributed by atoms with Crippen LogP contribution in [0.1, 0.15) is 35.8 Å². The number of hydrogen-bond donors (Lipinski definition) is 3. The average molecular weight is 435 g/mol. The first kappa shape index (κ1) is 21.7. The molecule has 3 heterocycles. The third-order valence-corrected chi connectivity index (χ3v) is 5.65. The molecule has 1 fully saturated rings. The number of anilines is 3. The maximum atomic E-state index is 14.4. The van der Waals surface area contributed by atoms with Crippen molar-refractivity contribution < 1.29 is 9.18 Å². The number of amides is 1. The second-order valence-corrected chi connectivity index (χ2v) is 8.03. The number of nitrogens with two attached hydrogens (primary N) is 2. The minimum Gasteiger partial charge on any atom is -0.397 e. The van der Waals surface area contributed by atoms with Gasteiger partial charge in [0, 0.05) is 30.7 Å². The largest absolute Gasteiger partial charge is 0.397 e. The molecule has 32 heavy (non-hydrogen) atoms. The summed E-state index contributed by atoms with van der Waals surface area (Å²) in [5.74, 6) is -0.770. The van der Waals surface area contributed by atoms with E-state index in [1.807, 2.05) is 25.1 Å². The molecule has 2 aromatic heterocycles. The second-order valence-electron chi connectivity index (χ2n) is 8.03. The Bertz CT molecular complexity index is 1180. The molecule has 3 aromatic rings. The summed E-state index contributed by atoms with van der Waals surface area (Å²) in [6, 6.07) is 6.59. The number of halogens is 1. The van der Waals surface area contributed by atoms with Crippen LogP contribution in [0.3, 0.4) is 0 Å². The number of fused-ring (bicyclic) bond motifs is 1. The van der Waals surface area contributed by atoms with Crippen LogP contribution < -0.4 is 21.7 Å². The van der Waals surface area contributed by atoms with Crippen molar-refractivity contribution in [2.75, 3.05) is 29.0 Å². The standard InChI is InChI=1S/C24H27FN6O/c1-2-3-5-15-12-20-16(10-18(15)25)11-19(27)23(29-20)24(32)30-21-13-28-8-7-22(21)31-9-4-6-17(26)14-31/h2-3,7-8,10-13,17H,4-6,9,14,26-27H2,1H3,(H,30,32). The zero-order chi connectivity index (χ0) is 22.7. The third-order valence-electron chi connectivity index (χ3n) is 5.65. The molecule has 166 valence electrons. The molecule has 1 aliphatic heterocycles. The molecule has 0 spiro atoms. The van der Waals surface area contributed by atoms with Gasteiger partial charge >= 0.3 is 0 Å². The monoisotopic (exact) mass is 434 g/mol.